The maximum Gasteiger partial charge on any atom is 0.0453 e. The summed E-state index contributed by atoms with van der Waals surface area (Å²) >= 11 is 3.48. The first kappa shape index (κ1) is 12.9. The number of benzene rings is 2. The summed E-state index contributed by atoms with van der Waals surface area (Å²) in [5.74, 6) is 0. The SMILES string of the molecule is NC1(Cc2ccc(Br)cc2)CCCc2ccccc21. The van der Waals surface area contributed by atoms with Crippen LogP contribution < -0.4 is 5.73 Å². The lowest BCUT2D eigenvalue weighted by molar-refractivity contribution is 0.369. The van der Waals surface area contributed by atoms with Crippen molar-refractivity contribution in [2.75, 3.05) is 0 Å². The topological polar surface area (TPSA) is 26.0 Å². The number of halogens is 1. The second kappa shape index (κ2) is 5.10. The molecule has 0 saturated carbocycles. The molecular formula is C17H18BrN. The van der Waals surface area contributed by atoms with Gasteiger partial charge in [-0.2, -0.15) is 0 Å². The third-order valence-electron chi connectivity index (χ3n) is 4.06. The summed E-state index contributed by atoms with van der Waals surface area (Å²) in [4.78, 5) is 0. The average molecular weight is 316 g/mol. The van der Waals surface area contributed by atoms with E-state index >= 15 is 0 Å². The van der Waals surface area contributed by atoms with Crippen LogP contribution in [0.5, 0.6) is 0 Å². The molecule has 0 radical (unpaired) electrons. The predicted octanol–water partition coefficient (Wildman–Crippen LogP) is 4.18. The van der Waals surface area contributed by atoms with Gasteiger partial charge in [-0.05, 0) is 54.5 Å². The van der Waals surface area contributed by atoms with Crippen molar-refractivity contribution in [2.45, 2.75) is 31.2 Å². The number of fused-ring (bicyclic) bond motifs is 1. The first-order chi connectivity index (χ1) is 9.17. The molecule has 2 aromatic rings. The Bertz CT molecular complexity index is 576. The fourth-order valence-electron chi connectivity index (χ4n) is 3.10. The van der Waals surface area contributed by atoms with E-state index in [0.717, 1.165) is 23.7 Å². The van der Waals surface area contributed by atoms with Crippen LogP contribution in [-0.2, 0) is 18.4 Å². The standard InChI is InChI=1S/C17H18BrN/c18-15-9-7-13(8-10-15)12-17(19)11-3-5-14-4-1-2-6-16(14)17/h1-2,4,6-10H,3,5,11-12,19H2. The Kier molecular flexibility index (Phi) is 3.46. The molecule has 98 valence electrons. The molecule has 0 aliphatic heterocycles. The van der Waals surface area contributed by atoms with Crippen molar-refractivity contribution in [1.82, 2.24) is 0 Å². The van der Waals surface area contributed by atoms with Gasteiger partial charge in [0.05, 0.1) is 0 Å². The van der Waals surface area contributed by atoms with E-state index in [9.17, 15) is 0 Å². The highest BCUT2D eigenvalue weighted by Gasteiger charge is 2.32. The van der Waals surface area contributed by atoms with Crippen molar-refractivity contribution >= 4 is 15.9 Å². The molecule has 19 heavy (non-hydrogen) atoms. The van der Waals surface area contributed by atoms with Crippen LogP contribution in [0.4, 0.5) is 0 Å². The van der Waals surface area contributed by atoms with Gasteiger partial charge < -0.3 is 5.73 Å². The van der Waals surface area contributed by atoms with Gasteiger partial charge >= 0.3 is 0 Å². The molecule has 1 unspecified atom stereocenters. The number of rotatable bonds is 2. The molecule has 0 heterocycles. The fourth-order valence-corrected chi connectivity index (χ4v) is 3.37. The van der Waals surface area contributed by atoms with Crippen molar-refractivity contribution in [3.8, 4) is 0 Å². The van der Waals surface area contributed by atoms with Crippen molar-refractivity contribution in [3.05, 3.63) is 69.7 Å². The number of nitrogens with two attached hydrogens (primary N) is 1. The van der Waals surface area contributed by atoms with Gasteiger partial charge in [-0.25, -0.2) is 0 Å². The fraction of sp³-hybridized carbons (Fsp3) is 0.294. The van der Waals surface area contributed by atoms with Crippen LogP contribution in [-0.4, -0.2) is 0 Å². The van der Waals surface area contributed by atoms with Crippen LogP contribution in [0.25, 0.3) is 0 Å². The number of aryl methyl sites for hydroxylation is 1. The molecule has 0 saturated heterocycles. The van der Waals surface area contributed by atoms with Crippen LogP contribution in [0, 0.1) is 0 Å². The molecule has 1 aliphatic carbocycles. The van der Waals surface area contributed by atoms with E-state index in [-0.39, 0.29) is 5.54 Å². The largest absolute Gasteiger partial charge is 0.321 e. The predicted molar refractivity (Wildman–Crippen MR) is 83.1 cm³/mol. The molecule has 1 atom stereocenters. The minimum absolute atomic E-state index is 0.206. The Labute approximate surface area is 123 Å². The summed E-state index contributed by atoms with van der Waals surface area (Å²) in [5, 5.41) is 0. The van der Waals surface area contributed by atoms with Gasteiger partial charge in [0, 0.05) is 10.0 Å². The molecule has 2 heteroatoms. The summed E-state index contributed by atoms with van der Waals surface area (Å²) in [6, 6.07) is 17.1. The Morgan fingerprint density at radius 1 is 1.05 bits per heavy atom. The summed E-state index contributed by atoms with van der Waals surface area (Å²) in [7, 11) is 0. The molecule has 2 aromatic carbocycles. The van der Waals surface area contributed by atoms with Gasteiger partial charge in [0.1, 0.15) is 0 Å². The normalized spacial score (nSPS) is 22.0. The Morgan fingerprint density at radius 3 is 2.58 bits per heavy atom. The minimum atomic E-state index is -0.206. The smallest absolute Gasteiger partial charge is 0.0453 e. The molecule has 0 fully saturated rings. The highest BCUT2D eigenvalue weighted by Crippen LogP contribution is 2.35. The van der Waals surface area contributed by atoms with E-state index in [1.54, 1.807) is 0 Å². The molecule has 3 rings (SSSR count). The first-order valence-electron chi connectivity index (χ1n) is 6.79. The molecule has 0 bridgehead atoms. The zero-order valence-corrected chi connectivity index (χ0v) is 12.5. The van der Waals surface area contributed by atoms with E-state index in [1.807, 2.05) is 0 Å². The highest BCUT2D eigenvalue weighted by atomic mass is 79.9. The molecular weight excluding hydrogens is 298 g/mol. The zero-order valence-electron chi connectivity index (χ0n) is 10.9. The Balaban J connectivity index is 1.93. The Hall–Kier alpha value is -1.12. The minimum Gasteiger partial charge on any atom is -0.321 e. The molecule has 1 nitrogen and oxygen atoms in total. The Morgan fingerprint density at radius 2 is 1.79 bits per heavy atom. The lowest BCUT2D eigenvalue weighted by atomic mass is 9.74. The third-order valence-corrected chi connectivity index (χ3v) is 4.58. The maximum absolute atomic E-state index is 6.73. The number of hydrogen-bond donors (Lipinski definition) is 1. The van der Waals surface area contributed by atoms with E-state index in [4.69, 9.17) is 5.73 Å². The second-order valence-electron chi connectivity index (χ2n) is 5.47. The monoisotopic (exact) mass is 315 g/mol. The summed E-state index contributed by atoms with van der Waals surface area (Å²) < 4.78 is 1.12. The highest BCUT2D eigenvalue weighted by molar-refractivity contribution is 9.10. The van der Waals surface area contributed by atoms with Gasteiger partial charge in [-0.1, -0.05) is 52.3 Å². The van der Waals surface area contributed by atoms with Crippen LogP contribution in [0.2, 0.25) is 0 Å². The molecule has 0 amide bonds. The van der Waals surface area contributed by atoms with E-state index < -0.39 is 0 Å². The maximum atomic E-state index is 6.73. The van der Waals surface area contributed by atoms with Crippen LogP contribution in [0.15, 0.2) is 53.0 Å². The van der Waals surface area contributed by atoms with Crippen LogP contribution in [0.3, 0.4) is 0 Å². The van der Waals surface area contributed by atoms with E-state index in [1.165, 1.54) is 23.1 Å². The van der Waals surface area contributed by atoms with Gasteiger partial charge in [-0.15, -0.1) is 0 Å². The van der Waals surface area contributed by atoms with E-state index in [2.05, 4.69) is 64.5 Å². The van der Waals surface area contributed by atoms with Crippen molar-refractivity contribution < 1.29 is 0 Å². The van der Waals surface area contributed by atoms with Crippen molar-refractivity contribution in [1.29, 1.82) is 0 Å². The molecule has 0 aromatic heterocycles. The van der Waals surface area contributed by atoms with Crippen molar-refractivity contribution in [3.63, 3.8) is 0 Å². The quantitative estimate of drug-likeness (QED) is 0.883. The lowest BCUT2D eigenvalue weighted by Crippen LogP contribution is -2.42. The van der Waals surface area contributed by atoms with Gasteiger partial charge in [-0.3, -0.25) is 0 Å². The van der Waals surface area contributed by atoms with Gasteiger partial charge in [0.25, 0.3) is 0 Å². The molecule has 1 aliphatic rings. The zero-order chi connectivity index (χ0) is 13.3. The van der Waals surface area contributed by atoms with Gasteiger partial charge in [0.15, 0.2) is 0 Å². The molecule has 0 spiro atoms. The van der Waals surface area contributed by atoms with E-state index in [0.29, 0.717) is 0 Å². The van der Waals surface area contributed by atoms with Crippen LogP contribution >= 0.6 is 15.9 Å². The first-order valence-corrected chi connectivity index (χ1v) is 7.58. The van der Waals surface area contributed by atoms with Crippen molar-refractivity contribution in [2.24, 2.45) is 5.73 Å². The van der Waals surface area contributed by atoms with Gasteiger partial charge in [0.2, 0.25) is 0 Å². The lowest BCUT2D eigenvalue weighted by Gasteiger charge is -2.36. The average Bonchev–Trinajstić information content (AvgIpc) is 2.42. The molecule has 2 N–H and O–H groups in total. The third kappa shape index (κ3) is 2.60. The summed E-state index contributed by atoms with van der Waals surface area (Å²) in [6.07, 6.45) is 4.33. The number of hydrogen-bond acceptors (Lipinski definition) is 1. The van der Waals surface area contributed by atoms with Crippen LogP contribution in [0.1, 0.15) is 29.5 Å². The summed E-state index contributed by atoms with van der Waals surface area (Å²) in [5.41, 5.74) is 10.6. The summed E-state index contributed by atoms with van der Waals surface area (Å²) in [6.45, 7) is 0. The second-order valence-corrected chi connectivity index (χ2v) is 6.39.